The van der Waals surface area contributed by atoms with Crippen molar-refractivity contribution in [1.29, 1.82) is 0 Å². The Kier molecular flexibility index (Phi) is 6.07. The predicted octanol–water partition coefficient (Wildman–Crippen LogP) is 5.24. The van der Waals surface area contributed by atoms with Gasteiger partial charge in [-0.05, 0) is 61.1 Å². The van der Waals surface area contributed by atoms with E-state index in [0.29, 0.717) is 6.10 Å². The van der Waals surface area contributed by atoms with Crippen molar-refractivity contribution >= 4 is 0 Å². The molecule has 2 heteroatoms. The SMILES string of the molecule is CC1CCOC(CC2=CN(C)CC(CC3CCCCC3)C2C)C1. The summed E-state index contributed by atoms with van der Waals surface area (Å²) in [7, 11) is 2.27. The first-order valence-electron chi connectivity index (χ1n) is 10.1. The molecule has 2 aliphatic heterocycles. The molecule has 0 spiro atoms. The van der Waals surface area contributed by atoms with E-state index in [-0.39, 0.29) is 0 Å². The summed E-state index contributed by atoms with van der Waals surface area (Å²) in [6.45, 7) is 7.09. The van der Waals surface area contributed by atoms with E-state index < -0.39 is 0 Å². The molecule has 0 aromatic heterocycles. The molecule has 1 aliphatic carbocycles. The molecule has 2 nitrogen and oxygen atoms in total. The predicted molar refractivity (Wildman–Crippen MR) is 97.3 cm³/mol. The van der Waals surface area contributed by atoms with Gasteiger partial charge < -0.3 is 9.64 Å². The monoisotopic (exact) mass is 319 g/mol. The van der Waals surface area contributed by atoms with Crippen molar-refractivity contribution in [2.75, 3.05) is 20.2 Å². The van der Waals surface area contributed by atoms with Gasteiger partial charge in [-0.25, -0.2) is 0 Å². The van der Waals surface area contributed by atoms with Gasteiger partial charge in [-0.3, -0.25) is 0 Å². The Morgan fingerprint density at radius 3 is 2.65 bits per heavy atom. The fourth-order valence-corrected chi connectivity index (χ4v) is 5.13. The molecule has 2 heterocycles. The van der Waals surface area contributed by atoms with Gasteiger partial charge in [0.15, 0.2) is 0 Å². The van der Waals surface area contributed by atoms with E-state index in [9.17, 15) is 0 Å². The highest BCUT2D eigenvalue weighted by atomic mass is 16.5. The average Bonchev–Trinajstić information content (AvgIpc) is 2.53. The first-order valence-corrected chi connectivity index (χ1v) is 10.1. The molecule has 0 aromatic carbocycles. The first kappa shape index (κ1) is 17.3. The maximum Gasteiger partial charge on any atom is 0.0615 e. The Morgan fingerprint density at radius 1 is 1.13 bits per heavy atom. The van der Waals surface area contributed by atoms with Crippen LogP contribution in [0, 0.1) is 23.7 Å². The lowest BCUT2D eigenvalue weighted by Crippen LogP contribution is -2.35. The van der Waals surface area contributed by atoms with Crippen LogP contribution in [0.25, 0.3) is 0 Å². The van der Waals surface area contributed by atoms with Crippen molar-refractivity contribution in [2.24, 2.45) is 23.7 Å². The van der Waals surface area contributed by atoms with Crippen LogP contribution in [-0.2, 0) is 4.74 Å². The topological polar surface area (TPSA) is 12.5 Å². The summed E-state index contributed by atoms with van der Waals surface area (Å²) in [6, 6.07) is 0. The minimum atomic E-state index is 0.467. The molecular weight excluding hydrogens is 282 g/mol. The zero-order valence-electron chi connectivity index (χ0n) is 15.6. The molecule has 1 saturated heterocycles. The van der Waals surface area contributed by atoms with E-state index in [4.69, 9.17) is 4.74 Å². The lowest BCUT2D eigenvalue weighted by atomic mass is 9.74. The van der Waals surface area contributed by atoms with E-state index in [1.165, 1.54) is 57.9 Å². The van der Waals surface area contributed by atoms with Gasteiger partial charge in [0.2, 0.25) is 0 Å². The molecule has 0 amide bonds. The lowest BCUT2D eigenvalue weighted by Gasteiger charge is -2.39. The third-order valence-electron chi connectivity index (χ3n) is 6.65. The van der Waals surface area contributed by atoms with Gasteiger partial charge in [0.1, 0.15) is 0 Å². The van der Waals surface area contributed by atoms with Crippen LogP contribution in [0.3, 0.4) is 0 Å². The minimum Gasteiger partial charge on any atom is -0.380 e. The molecule has 4 unspecified atom stereocenters. The van der Waals surface area contributed by atoms with Gasteiger partial charge in [-0.2, -0.15) is 0 Å². The molecule has 0 radical (unpaired) electrons. The quantitative estimate of drug-likeness (QED) is 0.702. The molecule has 3 rings (SSSR count). The van der Waals surface area contributed by atoms with E-state index >= 15 is 0 Å². The van der Waals surface area contributed by atoms with E-state index in [1.54, 1.807) is 5.57 Å². The number of hydrogen-bond acceptors (Lipinski definition) is 2. The molecule has 4 atom stereocenters. The highest BCUT2D eigenvalue weighted by molar-refractivity contribution is 5.12. The van der Waals surface area contributed by atoms with Crippen molar-refractivity contribution in [1.82, 2.24) is 4.90 Å². The lowest BCUT2D eigenvalue weighted by molar-refractivity contribution is -0.00671. The molecule has 132 valence electrons. The highest BCUT2D eigenvalue weighted by Gasteiger charge is 2.31. The largest absolute Gasteiger partial charge is 0.380 e. The molecule has 3 aliphatic rings. The van der Waals surface area contributed by atoms with Gasteiger partial charge in [0.25, 0.3) is 0 Å². The van der Waals surface area contributed by atoms with Gasteiger partial charge in [-0.15, -0.1) is 0 Å². The minimum absolute atomic E-state index is 0.467. The second-order valence-electron chi connectivity index (χ2n) is 8.76. The van der Waals surface area contributed by atoms with Crippen molar-refractivity contribution < 1.29 is 4.74 Å². The van der Waals surface area contributed by atoms with Crippen LogP contribution >= 0.6 is 0 Å². The molecule has 0 aromatic rings. The van der Waals surface area contributed by atoms with Gasteiger partial charge >= 0.3 is 0 Å². The fourth-order valence-electron chi connectivity index (χ4n) is 5.13. The van der Waals surface area contributed by atoms with Crippen LogP contribution in [0.4, 0.5) is 0 Å². The maximum absolute atomic E-state index is 6.06. The van der Waals surface area contributed by atoms with Crippen LogP contribution in [0.15, 0.2) is 11.8 Å². The Bertz CT molecular complexity index is 399. The Hall–Kier alpha value is -0.500. The summed E-state index contributed by atoms with van der Waals surface area (Å²) in [5, 5.41) is 0. The summed E-state index contributed by atoms with van der Waals surface area (Å²) in [4.78, 5) is 2.45. The Morgan fingerprint density at radius 2 is 1.91 bits per heavy atom. The molecule has 23 heavy (non-hydrogen) atoms. The maximum atomic E-state index is 6.06. The fraction of sp³-hybridized carbons (Fsp3) is 0.905. The van der Waals surface area contributed by atoms with Gasteiger partial charge in [0, 0.05) is 20.2 Å². The molecular formula is C21H37NO. The Labute approximate surface area is 143 Å². The average molecular weight is 320 g/mol. The van der Waals surface area contributed by atoms with E-state index in [0.717, 1.165) is 36.7 Å². The van der Waals surface area contributed by atoms with E-state index in [1.807, 2.05) is 0 Å². The van der Waals surface area contributed by atoms with Crippen molar-refractivity contribution in [3.05, 3.63) is 11.8 Å². The molecule has 0 N–H and O–H groups in total. The zero-order chi connectivity index (χ0) is 16.2. The second-order valence-corrected chi connectivity index (χ2v) is 8.76. The van der Waals surface area contributed by atoms with Crippen LogP contribution in [0.1, 0.15) is 71.6 Å². The van der Waals surface area contributed by atoms with E-state index in [2.05, 4.69) is 32.0 Å². The van der Waals surface area contributed by atoms with Gasteiger partial charge in [0.05, 0.1) is 6.10 Å². The third-order valence-corrected chi connectivity index (χ3v) is 6.65. The second kappa shape index (κ2) is 8.05. The van der Waals surface area contributed by atoms with Crippen LogP contribution in [-0.4, -0.2) is 31.2 Å². The third kappa shape index (κ3) is 4.75. The Balaban J connectivity index is 1.58. The summed E-state index contributed by atoms with van der Waals surface area (Å²) < 4.78 is 6.06. The summed E-state index contributed by atoms with van der Waals surface area (Å²) >= 11 is 0. The molecule has 2 fully saturated rings. The van der Waals surface area contributed by atoms with Gasteiger partial charge in [-0.1, -0.05) is 46.0 Å². The van der Waals surface area contributed by atoms with Crippen LogP contribution < -0.4 is 0 Å². The van der Waals surface area contributed by atoms with Crippen molar-refractivity contribution in [2.45, 2.75) is 77.7 Å². The summed E-state index contributed by atoms with van der Waals surface area (Å²) in [6.07, 6.45) is 15.4. The number of ether oxygens (including phenoxy) is 1. The number of hydrogen-bond donors (Lipinski definition) is 0. The molecule has 1 saturated carbocycles. The molecule has 0 bridgehead atoms. The van der Waals surface area contributed by atoms with Crippen molar-refractivity contribution in [3.8, 4) is 0 Å². The summed E-state index contributed by atoms with van der Waals surface area (Å²) in [5.74, 6) is 3.43. The van der Waals surface area contributed by atoms with Crippen LogP contribution in [0.2, 0.25) is 0 Å². The van der Waals surface area contributed by atoms with Crippen LogP contribution in [0.5, 0.6) is 0 Å². The normalized spacial score (nSPS) is 36.8. The standard InChI is InChI=1S/C21H37NO/c1-16-9-10-23-21(11-16)13-20-15-22(3)14-19(17(20)2)12-18-7-5-4-6-8-18/h15-19,21H,4-14H2,1-3H3. The first-order chi connectivity index (χ1) is 11.1. The zero-order valence-corrected chi connectivity index (χ0v) is 15.6. The number of rotatable bonds is 4. The van der Waals surface area contributed by atoms with Crippen molar-refractivity contribution in [3.63, 3.8) is 0 Å². The number of nitrogens with zero attached hydrogens (tertiary/aromatic N) is 1. The summed E-state index contributed by atoms with van der Waals surface area (Å²) in [5.41, 5.74) is 1.65. The smallest absolute Gasteiger partial charge is 0.0615 e. The highest BCUT2D eigenvalue weighted by Crippen LogP contribution is 2.38.